The van der Waals surface area contributed by atoms with Crippen LogP contribution in [-0.4, -0.2) is 13.1 Å². The highest BCUT2D eigenvalue weighted by Crippen LogP contribution is 2.29. The Kier molecular flexibility index (Phi) is 5.14. The van der Waals surface area contributed by atoms with Gasteiger partial charge < -0.3 is 11.5 Å². The lowest BCUT2D eigenvalue weighted by atomic mass is 9.80. The van der Waals surface area contributed by atoms with Crippen molar-refractivity contribution in [2.75, 3.05) is 13.1 Å². The van der Waals surface area contributed by atoms with Crippen molar-refractivity contribution in [1.29, 1.82) is 5.26 Å². The summed E-state index contributed by atoms with van der Waals surface area (Å²) in [6.07, 6.45) is 0. The van der Waals surface area contributed by atoms with Crippen molar-refractivity contribution < 1.29 is 0 Å². The second-order valence-electron chi connectivity index (χ2n) is 4.61. The second-order valence-corrected chi connectivity index (χ2v) is 4.61. The van der Waals surface area contributed by atoms with Gasteiger partial charge in [-0.25, -0.2) is 0 Å². The summed E-state index contributed by atoms with van der Waals surface area (Å²) in [5.74, 6) is 1.19. The van der Waals surface area contributed by atoms with Crippen molar-refractivity contribution >= 4 is 0 Å². The van der Waals surface area contributed by atoms with Gasteiger partial charge in [-0.2, -0.15) is 5.26 Å². The predicted molar refractivity (Wildman–Crippen MR) is 70.3 cm³/mol. The Labute approximate surface area is 103 Å². The Balaban J connectivity index is 2.81. The number of hydrogen-bond donors (Lipinski definition) is 2. The van der Waals surface area contributed by atoms with Crippen LogP contribution in [0, 0.1) is 23.2 Å². The van der Waals surface area contributed by atoms with Gasteiger partial charge in [0.1, 0.15) is 0 Å². The molecule has 0 aliphatic carbocycles. The third-order valence-corrected chi connectivity index (χ3v) is 3.70. The van der Waals surface area contributed by atoms with Gasteiger partial charge >= 0.3 is 0 Å². The zero-order chi connectivity index (χ0) is 12.8. The number of nitrogens with two attached hydrogens (primary N) is 2. The van der Waals surface area contributed by atoms with Crippen LogP contribution in [0.25, 0.3) is 0 Å². The van der Waals surface area contributed by atoms with E-state index in [2.05, 4.69) is 19.9 Å². The van der Waals surface area contributed by atoms with Gasteiger partial charge in [-0.3, -0.25) is 0 Å². The van der Waals surface area contributed by atoms with Crippen LogP contribution in [0.5, 0.6) is 0 Å². The number of rotatable bonds is 5. The molecule has 2 atom stereocenters. The summed E-state index contributed by atoms with van der Waals surface area (Å²) in [5.41, 5.74) is 13.4. The number of nitriles is 1. The van der Waals surface area contributed by atoms with E-state index < -0.39 is 0 Å². The summed E-state index contributed by atoms with van der Waals surface area (Å²) in [6, 6.07) is 9.88. The first-order valence-electron chi connectivity index (χ1n) is 6.04. The van der Waals surface area contributed by atoms with Gasteiger partial charge in [0.25, 0.3) is 0 Å². The van der Waals surface area contributed by atoms with E-state index >= 15 is 0 Å². The fraction of sp³-hybridized carbons (Fsp3) is 0.500. The largest absolute Gasteiger partial charge is 0.330 e. The molecule has 0 heterocycles. The molecule has 3 heteroatoms. The monoisotopic (exact) mass is 231 g/mol. The van der Waals surface area contributed by atoms with Crippen molar-refractivity contribution in [2.45, 2.75) is 19.8 Å². The van der Waals surface area contributed by atoms with E-state index in [-0.39, 0.29) is 0 Å². The molecule has 1 aromatic rings. The van der Waals surface area contributed by atoms with E-state index in [1.165, 1.54) is 5.56 Å². The fourth-order valence-corrected chi connectivity index (χ4v) is 2.10. The maximum Gasteiger partial charge on any atom is 0.0991 e. The molecule has 0 fully saturated rings. The van der Waals surface area contributed by atoms with Crippen LogP contribution in [0.3, 0.4) is 0 Å². The van der Waals surface area contributed by atoms with Crippen LogP contribution in [0.4, 0.5) is 0 Å². The Hall–Kier alpha value is -1.37. The molecular weight excluding hydrogens is 210 g/mol. The molecule has 1 rings (SSSR count). The summed E-state index contributed by atoms with van der Waals surface area (Å²) in [6.45, 7) is 5.62. The third-order valence-electron chi connectivity index (χ3n) is 3.70. The lowest BCUT2D eigenvalue weighted by Gasteiger charge is -2.27. The van der Waals surface area contributed by atoms with Crippen LogP contribution in [0.1, 0.15) is 30.9 Å². The SMILES string of the molecule is CC(c1ccc(C#N)cc1)C(C)C(CN)CN. The molecule has 1 aromatic carbocycles. The molecule has 3 nitrogen and oxygen atoms in total. The quantitative estimate of drug-likeness (QED) is 0.811. The highest BCUT2D eigenvalue weighted by Gasteiger charge is 2.21. The molecular formula is C14H21N3. The summed E-state index contributed by atoms with van der Waals surface area (Å²) >= 11 is 0. The molecule has 0 radical (unpaired) electrons. The zero-order valence-corrected chi connectivity index (χ0v) is 10.6. The van der Waals surface area contributed by atoms with Crippen LogP contribution < -0.4 is 11.5 Å². The van der Waals surface area contributed by atoms with Gasteiger partial charge in [0, 0.05) is 0 Å². The summed E-state index contributed by atoms with van der Waals surface area (Å²) in [7, 11) is 0. The fourth-order valence-electron chi connectivity index (χ4n) is 2.10. The topological polar surface area (TPSA) is 75.8 Å². The highest BCUT2D eigenvalue weighted by atomic mass is 14.6. The maximum absolute atomic E-state index is 8.76. The van der Waals surface area contributed by atoms with Crippen molar-refractivity contribution in [1.82, 2.24) is 0 Å². The average Bonchev–Trinajstić information content (AvgIpc) is 2.39. The van der Waals surface area contributed by atoms with E-state index in [1.54, 1.807) is 0 Å². The molecule has 0 aliphatic rings. The smallest absolute Gasteiger partial charge is 0.0991 e. The van der Waals surface area contributed by atoms with Gasteiger partial charge in [0.15, 0.2) is 0 Å². The number of hydrogen-bond acceptors (Lipinski definition) is 3. The molecule has 4 N–H and O–H groups in total. The Morgan fingerprint density at radius 1 is 1.12 bits per heavy atom. The summed E-state index contributed by atoms with van der Waals surface area (Å²) in [4.78, 5) is 0. The molecule has 0 saturated heterocycles. The minimum absolute atomic E-state index is 0.348. The first-order chi connectivity index (χ1) is 8.13. The van der Waals surface area contributed by atoms with Crippen LogP contribution >= 0.6 is 0 Å². The molecule has 0 amide bonds. The van der Waals surface area contributed by atoms with Crippen LogP contribution in [0.15, 0.2) is 24.3 Å². The summed E-state index contributed by atoms with van der Waals surface area (Å²) in [5, 5.41) is 8.76. The van der Waals surface area contributed by atoms with Gasteiger partial charge in [0.05, 0.1) is 11.6 Å². The molecule has 0 bridgehead atoms. The molecule has 0 aromatic heterocycles. The standard InChI is InChI=1S/C14H21N3/c1-10(11(2)14(8-16)9-17)13-5-3-12(7-15)4-6-13/h3-6,10-11,14H,8-9,16-17H2,1-2H3. The van der Waals surface area contributed by atoms with Crippen molar-refractivity contribution in [2.24, 2.45) is 23.3 Å². The molecule has 0 saturated carbocycles. The van der Waals surface area contributed by atoms with Gasteiger partial charge in [0.2, 0.25) is 0 Å². The highest BCUT2D eigenvalue weighted by molar-refractivity contribution is 5.33. The van der Waals surface area contributed by atoms with E-state index in [9.17, 15) is 0 Å². The minimum Gasteiger partial charge on any atom is -0.330 e. The maximum atomic E-state index is 8.76. The minimum atomic E-state index is 0.348. The van der Waals surface area contributed by atoms with E-state index in [1.807, 2.05) is 24.3 Å². The third kappa shape index (κ3) is 3.29. The Bertz CT molecular complexity index is 373. The lowest BCUT2D eigenvalue weighted by molar-refractivity contribution is 0.328. The molecule has 92 valence electrons. The van der Waals surface area contributed by atoms with Crippen molar-refractivity contribution in [3.05, 3.63) is 35.4 Å². The number of benzene rings is 1. The van der Waals surface area contributed by atoms with E-state index in [0.717, 1.165) is 0 Å². The van der Waals surface area contributed by atoms with E-state index in [4.69, 9.17) is 16.7 Å². The first-order valence-corrected chi connectivity index (χ1v) is 6.04. The van der Waals surface area contributed by atoms with Gasteiger partial charge in [-0.15, -0.1) is 0 Å². The summed E-state index contributed by atoms with van der Waals surface area (Å²) < 4.78 is 0. The second kappa shape index (κ2) is 6.39. The molecule has 2 unspecified atom stereocenters. The van der Waals surface area contributed by atoms with Gasteiger partial charge in [-0.1, -0.05) is 26.0 Å². The van der Waals surface area contributed by atoms with Crippen molar-refractivity contribution in [3.8, 4) is 6.07 Å². The van der Waals surface area contributed by atoms with Crippen molar-refractivity contribution in [3.63, 3.8) is 0 Å². The Morgan fingerprint density at radius 2 is 1.65 bits per heavy atom. The zero-order valence-electron chi connectivity index (χ0n) is 10.6. The Morgan fingerprint density at radius 3 is 2.06 bits per heavy atom. The van der Waals surface area contributed by atoms with E-state index in [0.29, 0.717) is 36.4 Å². The predicted octanol–water partition coefficient (Wildman–Crippen LogP) is 1.83. The van der Waals surface area contributed by atoms with Gasteiger partial charge in [-0.05, 0) is 48.5 Å². The van der Waals surface area contributed by atoms with Crippen LogP contribution in [0.2, 0.25) is 0 Å². The lowest BCUT2D eigenvalue weighted by Crippen LogP contribution is -2.31. The number of nitrogens with zero attached hydrogens (tertiary/aromatic N) is 1. The molecule has 0 aliphatic heterocycles. The average molecular weight is 231 g/mol. The first kappa shape index (κ1) is 13.7. The normalized spacial score (nSPS) is 14.4. The van der Waals surface area contributed by atoms with Crippen LogP contribution in [-0.2, 0) is 0 Å². The molecule has 17 heavy (non-hydrogen) atoms. The molecule has 0 spiro atoms.